The van der Waals surface area contributed by atoms with Crippen LogP contribution in [0.4, 0.5) is 17.1 Å². The molecule has 34 heavy (non-hydrogen) atoms. The molecule has 6 nitrogen and oxygen atoms in total. The monoisotopic (exact) mass is 553 g/mol. The summed E-state index contributed by atoms with van der Waals surface area (Å²) >= 11 is 30.0. The Morgan fingerprint density at radius 2 is 1.44 bits per heavy atom. The maximum atomic E-state index is 12.9. The van der Waals surface area contributed by atoms with Crippen LogP contribution < -0.4 is 15.5 Å². The highest BCUT2D eigenvalue weighted by atomic mass is 35.5. The number of anilines is 3. The number of nitrogens with one attached hydrogen (secondary N) is 2. The standard InChI is InChI=1S/C23H12Cl5N3O3/c24-12-3-8-18(17(27)9-12)30-21(32)11-1-4-13(5-2-11)29-20-19(28)22(33)31(23(20)34)14-6-7-15(25)16(26)10-14/h1-10,29H,(H,30,32). The third-order valence-corrected chi connectivity index (χ3v) is 6.42. The number of halogens is 5. The summed E-state index contributed by atoms with van der Waals surface area (Å²) in [5.74, 6) is -1.76. The second-order valence-corrected chi connectivity index (χ2v) is 9.05. The molecule has 0 saturated carbocycles. The van der Waals surface area contributed by atoms with Crippen LogP contribution in [0.15, 0.2) is 71.4 Å². The fraction of sp³-hybridized carbons (Fsp3) is 0. The van der Waals surface area contributed by atoms with Crippen molar-refractivity contribution in [3.05, 3.63) is 97.0 Å². The highest BCUT2D eigenvalue weighted by Crippen LogP contribution is 2.33. The Kier molecular flexibility index (Phi) is 7.07. The van der Waals surface area contributed by atoms with Gasteiger partial charge in [-0.05, 0) is 60.7 Å². The molecule has 0 fully saturated rings. The van der Waals surface area contributed by atoms with Crippen LogP contribution in [0.2, 0.25) is 20.1 Å². The quantitative estimate of drug-likeness (QED) is 0.333. The van der Waals surface area contributed by atoms with E-state index in [9.17, 15) is 14.4 Å². The van der Waals surface area contributed by atoms with Gasteiger partial charge in [0.25, 0.3) is 17.7 Å². The van der Waals surface area contributed by atoms with Gasteiger partial charge >= 0.3 is 0 Å². The first kappa shape index (κ1) is 24.4. The van der Waals surface area contributed by atoms with Crippen LogP contribution in [0.3, 0.4) is 0 Å². The zero-order valence-electron chi connectivity index (χ0n) is 16.8. The molecule has 0 atom stereocenters. The molecular weight excluding hydrogens is 544 g/mol. The lowest BCUT2D eigenvalue weighted by atomic mass is 10.2. The van der Waals surface area contributed by atoms with Crippen molar-refractivity contribution in [2.75, 3.05) is 15.5 Å². The molecule has 0 aliphatic carbocycles. The molecule has 0 spiro atoms. The summed E-state index contributed by atoms with van der Waals surface area (Å²) in [6.45, 7) is 0. The zero-order valence-corrected chi connectivity index (χ0v) is 20.6. The number of carbonyl (C=O) groups excluding carboxylic acids is 3. The van der Waals surface area contributed by atoms with Gasteiger partial charge in [-0.3, -0.25) is 14.4 Å². The predicted octanol–water partition coefficient (Wildman–Crippen LogP) is 6.99. The van der Waals surface area contributed by atoms with Gasteiger partial charge in [0.1, 0.15) is 10.7 Å². The molecule has 0 aromatic heterocycles. The predicted molar refractivity (Wildman–Crippen MR) is 136 cm³/mol. The van der Waals surface area contributed by atoms with Crippen LogP contribution in [0.5, 0.6) is 0 Å². The topological polar surface area (TPSA) is 78.5 Å². The van der Waals surface area contributed by atoms with Crippen molar-refractivity contribution in [1.29, 1.82) is 0 Å². The summed E-state index contributed by atoms with van der Waals surface area (Å²) in [7, 11) is 0. The molecule has 1 heterocycles. The second-order valence-electron chi connectivity index (χ2n) is 7.01. The van der Waals surface area contributed by atoms with Crippen LogP contribution in [-0.4, -0.2) is 17.7 Å². The van der Waals surface area contributed by atoms with Crippen molar-refractivity contribution in [3.63, 3.8) is 0 Å². The molecule has 172 valence electrons. The van der Waals surface area contributed by atoms with Crippen LogP contribution in [0.1, 0.15) is 10.4 Å². The molecule has 3 aromatic rings. The first-order chi connectivity index (χ1) is 16.2. The van der Waals surface area contributed by atoms with E-state index in [2.05, 4.69) is 10.6 Å². The number of benzene rings is 3. The molecule has 4 rings (SSSR count). The molecular formula is C23H12Cl5N3O3. The Morgan fingerprint density at radius 3 is 2.09 bits per heavy atom. The number of nitrogens with zero attached hydrogens (tertiary/aromatic N) is 1. The molecule has 1 aliphatic heterocycles. The van der Waals surface area contributed by atoms with Gasteiger partial charge in [0.05, 0.1) is 26.4 Å². The molecule has 0 saturated heterocycles. The van der Waals surface area contributed by atoms with Crippen molar-refractivity contribution in [3.8, 4) is 0 Å². The van der Waals surface area contributed by atoms with Crippen molar-refractivity contribution < 1.29 is 14.4 Å². The van der Waals surface area contributed by atoms with Gasteiger partial charge < -0.3 is 10.6 Å². The maximum absolute atomic E-state index is 12.9. The summed E-state index contributed by atoms with van der Waals surface area (Å²) in [6, 6.07) is 15.3. The van der Waals surface area contributed by atoms with Crippen LogP contribution >= 0.6 is 58.0 Å². The SMILES string of the molecule is O=C(Nc1ccc(Cl)cc1Cl)c1ccc(NC2=C(Cl)C(=O)N(c3ccc(Cl)c(Cl)c3)C2=O)cc1. The highest BCUT2D eigenvalue weighted by molar-refractivity contribution is 6.53. The average molecular weight is 556 g/mol. The number of hydrogen-bond acceptors (Lipinski definition) is 4. The number of rotatable bonds is 5. The molecule has 2 N–H and O–H groups in total. The first-order valence-electron chi connectivity index (χ1n) is 9.53. The summed E-state index contributed by atoms with van der Waals surface area (Å²) in [6.07, 6.45) is 0. The van der Waals surface area contributed by atoms with Gasteiger partial charge in [0.15, 0.2) is 0 Å². The number of hydrogen-bond donors (Lipinski definition) is 2. The van der Waals surface area contributed by atoms with E-state index in [-0.39, 0.29) is 26.5 Å². The van der Waals surface area contributed by atoms with Crippen molar-refractivity contribution >= 4 is 92.8 Å². The van der Waals surface area contributed by atoms with Crippen LogP contribution in [0, 0.1) is 0 Å². The third-order valence-electron chi connectivity index (χ3n) is 4.78. The van der Waals surface area contributed by atoms with Gasteiger partial charge in [-0.2, -0.15) is 0 Å². The van der Waals surface area contributed by atoms with E-state index in [1.807, 2.05) is 0 Å². The lowest BCUT2D eigenvalue weighted by molar-refractivity contribution is -0.120. The van der Waals surface area contributed by atoms with E-state index >= 15 is 0 Å². The minimum Gasteiger partial charge on any atom is -0.350 e. The molecule has 1 aliphatic rings. The fourth-order valence-corrected chi connectivity index (χ4v) is 4.07. The molecule has 11 heteroatoms. The smallest absolute Gasteiger partial charge is 0.283 e. The van der Waals surface area contributed by atoms with E-state index in [0.29, 0.717) is 27.0 Å². The number of amides is 3. The normalized spacial score (nSPS) is 13.5. The highest BCUT2D eigenvalue weighted by Gasteiger charge is 2.39. The third kappa shape index (κ3) is 4.87. The Hall–Kier alpha value is -2.74. The number of imide groups is 1. The Labute approximate surface area is 219 Å². The minimum atomic E-state index is -0.705. The summed E-state index contributed by atoms with van der Waals surface area (Å²) in [5.41, 5.74) is 1.30. The Morgan fingerprint density at radius 1 is 0.735 bits per heavy atom. The number of carbonyl (C=O) groups is 3. The largest absolute Gasteiger partial charge is 0.350 e. The Balaban J connectivity index is 1.49. The van der Waals surface area contributed by atoms with Gasteiger partial charge in [0.2, 0.25) is 0 Å². The van der Waals surface area contributed by atoms with Crippen molar-refractivity contribution in [1.82, 2.24) is 0 Å². The van der Waals surface area contributed by atoms with Crippen molar-refractivity contribution in [2.45, 2.75) is 0 Å². The molecule has 3 aromatic carbocycles. The summed E-state index contributed by atoms with van der Waals surface area (Å²) < 4.78 is 0. The van der Waals surface area contributed by atoms with E-state index in [1.165, 1.54) is 36.4 Å². The summed E-state index contributed by atoms with van der Waals surface area (Å²) in [4.78, 5) is 38.9. The van der Waals surface area contributed by atoms with E-state index in [0.717, 1.165) is 4.90 Å². The lowest BCUT2D eigenvalue weighted by Gasteiger charge is -2.15. The first-order valence-corrected chi connectivity index (χ1v) is 11.4. The molecule has 0 radical (unpaired) electrons. The molecule has 3 amide bonds. The van der Waals surface area contributed by atoms with Crippen molar-refractivity contribution in [2.24, 2.45) is 0 Å². The zero-order chi connectivity index (χ0) is 24.6. The Bertz CT molecular complexity index is 1370. The van der Waals surface area contributed by atoms with Gasteiger partial charge in [0, 0.05) is 16.3 Å². The molecule has 0 unspecified atom stereocenters. The second kappa shape index (κ2) is 9.86. The van der Waals surface area contributed by atoms with E-state index in [4.69, 9.17) is 58.0 Å². The lowest BCUT2D eigenvalue weighted by Crippen LogP contribution is -2.32. The van der Waals surface area contributed by atoms with Gasteiger partial charge in [-0.1, -0.05) is 58.0 Å². The van der Waals surface area contributed by atoms with Crippen LogP contribution in [-0.2, 0) is 9.59 Å². The fourth-order valence-electron chi connectivity index (χ4n) is 3.10. The maximum Gasteiger partial charge on any atom is 0.283 e. The molecule has 0 bridgehead atoms. The van der Waals surface area contributed by atoms with Crippen LogP contribution in [0.25, 0.3) is 0 Å². The minimum absolute atomic E-state index is 0.108. The van der Waals surface area contributed by atoms with Gasteiger partial charge in [-0.25, -0.2) is 4.90 Å². The van der Waals surface area contributed by atoms with E-state index in [1.54, 1.807) is 24.3 Å². The van der Waals surface area contributed by atoms with Gasteiger partial charge in [-0.15, -0.1) is 0 Å². The average Bonchev–Trinajstić information content (AvgIpc) is 3.01. The summed E-state index contributed by atoms with van der Waals surface area (Å²) in [5, 5.41) is 6.47. The van der Waals surface area contributed by atoms with E-state index < -0.39 is 17.7 Å².